The van der Waals surface area contributed by atoms with Gasteiger partial charge in [-0.3, -0.25) is 15.7 Å². The van der Waals surface area contributed by atoms with E-state index in [4.69, 9.17) is 22.3 Å². The van der Waals surface area contributed by atoms with Crippen LogP contribution in [0.3, 0.4) is 0 Å². The molecule has 0 bridgehead atoms. The Balaban J connectivity index is 2.18. The number of hydrogen-bond donors (Lipinski definition) is 4. The molecule has 20 heavy (non-hydrogen) atoms. The highest BCUT2D eigenvalue weighted by atomic mass is 15.3. The van der Waals surface area contributed by atoms with Crippen LogP contribution in [-0.4, -0.2) is 11.9 Å². The molecular weight excluding hydrogens is 250 g/mol. The van der Waals surface area contributed by atoms with Crippen molar-refractivity contribution in [3.63, 3.8) is 0 Å². The van der Waals surface area contributed by atoms with E-state index in [1.165, 1.54) is 16.0 Å². The summed E-state index contributed by atoms with van der Waals surface area (Å²) in [5.41, 5.74) is 16.4. The van der Waals surface area contributed by atoms with Gasteiger partial charge in [-0.05, 0) is 28.3 Å². The number of guanidine groups is 2. The molecule has 0 atom stereocenters. The van der Waals surface area contributed by atoms with Gasteiger partial charge in [-0.1, -0.05) is 36.4 Å². The minimum absolute atomic E-state index is 0.248. The zero-order chi connectivity index (χ0) is 14.3. The van der Waals surface area contributed by atoms with Crippen LogP contribution in [0, 0.1) is 10.8 Å². The van der Waals surface area contributed by atoms with Crippen LogP contribution < -0.4 is 16.4 Å². The van der Waals surface area contributed by atoms with Crippen molar-refractivity contribution in [1.82, 2.24) is 0 Å². The first-order valence-electron chi connectivity index (χ1n) is 6.28. The summed E-state index contributed by atoms with van der Waals surface area (Å²) in [7, 11) is 0. The van der Waals surface area contributed by atoms with Crippen molar-refractivity contribution >= 4 is 17.6 Å². The number of hydrogen-bond acceptors (Lipinski definition) is 2. The normalized spacial score (nSPS) is 11.6. The summed E-state index contributed by atoms with van der Waals surface area (Å²) >= 11 is 0. The van der Waals surface area contributed by atoms with Crippen molar-refractivity contribution in [1.29, 1.82) is 10.8 Å². The highest BCUT2D eigenvalue weighted by Crippen LogP contribution is 2.41. The van der Waals surface area contributed by atoms with Crippen molar-refractivity contribution in [2.24, 2.45) is 11.5 Å². The summed E-state index contributed by atoms with van der Waals surface area (Å²) in [5, 5.41) is 15.3. The molecule has 0 fully saturated rings. The summed E-state index contributed by atoms with van der Waals surface area (Å²) in [6.45, 7) is 0. The topological polar surface area (TPSA) is 103 Å². The van der Waals surface area contributed by atoms with Crippen molar-refractivity contribution in [2.75, 3.05) is 4.90 Å². The van der Waals surface area contributed by atoms with Crippen LogP contribution in [0.25, 0.3) is 11.1 Å². The Kier molecular flexibility index (Phi) is 2.68. The molecule has 0 aliphatic heterocycles. The Morgan fingerprint density at radius 3 is 2.25 bits per heavy atom. The van der Waals surface area contributed by atoms with Crippen molar-refractivity contribution < 1.29 is 0 Å². The van der Waals surface area contributed by atoms with Crippen LogP contribution in [0.4, 0.5) is 5.69 Å². The second-order valence-corrected chi connectivity index (χ2v) is 4.74. The van der Waals surface area contributed by atoms with E-state index in [1.54, 1.807) is 0 Å². The Morgan fingerprint density at radius 1 is 0.900 bits per heavy atom. The number of benzene rings is 2. The van der Waals surface area contributed by atoms with Gasteiger partial charge in [0.05, 0.1) is 5.69 Å². The third-order valence-electron chi connectivity index (χ3n) is 3.55. The lowest BCUT2D eigenvalue weighted by atomic mass is 10.0. The van der Waals surface area contributed by atoms with Crippen LogP contribution in [0.1, 0.15) is 11.1 Å². The van der Waals surface area contributed by atoms with Crippen LogP contribution in [0.2, 0.25) is 0 Å². The van der Waals surface area contributed by atoms with Gasteiger partial charge >= 0.3 is 0 Å². The average Bonchev–Trinajstić information content (AvgIpc) is 2.78. The first-order chi connectivity index (χ1) is 9.59. The number of rotatable bonds is 1. The summed E-state index contributed by atoms with van der Waals surface area (Å²) in [6, 6.07) is 14.0. The molecule has 5 heteroatoms. The minimum atomic E-state index is -0.248. The van der Waals surface area contributed by atoms with Crippen LogP contribution in [0.5, 0.6) is 0 Å². The van der Waals surface area contributed by atoms with Gasteiger partial charge in [0.15, 0.2) is 11.9 Å². The first-order valence-corrected chi connectivity index (χ1v) is 6.28. The van der Waals surface area contributed by atoms with E-state index in [0.717, 1.165) is 17.5 Å². The predicted octanol–water partition coefficient (Wildman–Crippen LogP) is 1.85. The van der Waals surface area contributed by atoms with Gasteiger partial charge in [0, 0.05) is 6.42 Å². The van der Waals surface area contributed by atoms with Gasteiger partial charge in [-0.25, -0.2) is 0 Å². The van der Waals surface area contributed by atoms with Gasteiger partial charge < -0.3 is 11.5 Å². The van der Waals surface area contributed by atoms with E-state index in [2.05, 4.69) is 12.1 Å². The predicted molar refractivity (Wildman–Crippen MR) is 81.0 cm³/mol. The minimum Gasteiger partial charge on any atom is -0.369 e. The quantitative estimate of drug-likeness (QED) is 0.399. The molecule has 3 rings (SSSR count). The standard InChI is InChI=1S/C15H15N5/c16-14(17)20(15(18)19)13-7-3-6-11-10-5-2-1-4-9(10)8-12(11)13/h1-7H,8H2,(H3,16,17)(H3,18,19). The largest absolute Gasteiger partial charge is 0.369 e. The Labute approximate surface area is 116 Å². The van der Waals surface area contributed by atoms with Crippen molar-refractivity contribution in [2.45, 2.75) is 6.42 Å². The Hall–Kier alpha value is -2.82. The third kappa shape index (κ3) is 1.72. The SMILES string of the molecule is N=C(N)N(C(=N)N)c1cccc2c1Cc1ccccc1-2. The fourth-order valence-corrected chi connectivity index (χ4v) is 2.74. The van der Waals surface area contributed by atoms with E-state index in [0.29, 0.717) is 5.69 Å². The summed E-state index contributed by atoms with van der Waals surface area (Å²) < 4.78 is 0. The smallest absolute Gasteiger partial charge is 0.200 e. The number of nitrogens with two attached hydrogens (primary N) is 2. The molecule has 2 aromatic rings. The molecule has 6 N–H and O–H groups in total. The molecule has 0 aromatic heterocycles. The molecule has 0 spiro atoms. The Bertz CT molecular complexity index is 706. The van der Waals surface area contributed by atoms with Crippen LogP contribution in [0.15, 0.2) is 42.5 Å². The zero-order valence-corrected chi connectivity index (χ0v) is 10.9. The molecule has 1 aliphatic rings. The molecule has 2 aromatic carbocycles. The molecule has 0 saturated carbocycles. The second-order valence-electron chi connectivity index (χ2n) is 4.74. The van der Waals surface area contributed by atoms with Crippen molar-refractivity contribution in [3.8, 4) is 11.1 Å². The first kappa shape index (κ1) is 12.2. The molecule has 0 amide bonds. The molecule has 0 radical (unpaired) electrons. The number of nitrogens with one attached hydrogen (secondary N) is 2. The van der Waals surface area contributed by atoms with E-state index in [-0.39, 0.29) is 11.9 Å². The maximum absolute atomic E-state index is 7.63. The monoisotopic (exact) mass is 265 g/mol. The number of fused-ring (bicyclic) bond motifs is 3. The summed E-state index contributed by atoms with van der Waals surface area (Å²) in [5.74, 6) is -0.497. The van der Waals surface area contributed by atoms with Gasteiger partial charge in [-0.15, -0.1) is 0 Å². The molecule has 0 heterocycles. The van der Waals surface area contributed by atoms with Gasteiger partial charge in [0.25, 0.3) is 0 Å². The lowest BCUT2D eigenvalue weighted by Crippen LogP contribution is -2.45. The third-order valence-corrected chi connectivity index (χ3v) is 3.55. The highest BCUT2D eigenvalue weighted by molar-refractivity contribution is 6.15. The van der Waals surface area contributed by atoms with Crippen molar-refractivity contribution in [3.05, 3.63) is 53.6 Å². The van der Waals surface area contributed by atoms with E-state index in [9.17, 15) is 0 Å². The number of nitrogens with zero attached hydrogens (tertiary/aromatic N) is 1. The second kappa shape index (κ2) is 4.38. The Morgan fingerprint density at radius 2 is 1.55 bits per heavy atom. The molecule has 5 nitrogen and oxygen atoms in total. The van der Waals surface area contributed by atoms with E-state index >= 15 is 0 Å². The number of anilines is 1. The van der Waals surface area contributed by atoms with E-state index < -0.39 is 0 Å². The summed E-state index contributed by atoms with van der Waals surface area (Å²) in [6.07, 6.45) is 0.763. The van der Waals surface area contributed by atoms with Crippen LogP contribution >= 0.6 is 0 Å². The molecule has 0 saturated heterocycles. The average molecular weight is 265 g/mol. The lowest BCUT2D eigenvalue weighted by Gasteiger charge is -2.23. The van der Waals surface area contributed by atoms with E-state index in [1.807, 2.05) is 30.3 Å². The maximum Gasteiger partial charge on any atom is 0.200 e. The fraction of sp³-hybridized carbons (Fsp3) is 0.0667. The van der Waals surface area contributed by atoms with Gasteiger partial charge in [0.1, 0.15) is 0 Å². The van der Waals surface area contributed by atoms with Gasteiger partial charge in [0.2, 0.25) is 0 Å². The lowest BCUT2D eigenvalue weighted by molar-refractivity contribution is 1.19. The molecule has 1 aliphatic carbocycles. The highest BCUT2D eigenvalue weighted by Gasteiger charge is 2.24. The molecular formula is C15H15N5. The van der Waals surface area contributed by atoms with Gasteiger partial charge in [-0.2, -0.15) is 0 Å². The maximum atomic E-state index is 7.63. The molecule has 100 valence electrons. The zero-order valence-electron chi connectivity index (χ0n) is 10.9. The summed E-state index contributed by atoms with van der Waals surface area (Å²) in [4.78, 5) is 1.25. The molecule has 0 unspecified atom stereocenters. The fourth-order valence-electron chi connectivity index (χ4n) is 2.74. The van der Waals surface area contributed by atoms with Crippen LogP contribution in [-0.2, 0) is 6.42 Å².